The number of hydrogen-bond acceptors (Lipinski definition) is 2. The molecular weight excluding hydrogens is 286 g/mol. The summed E-state index contributed by atoms with van der Waals surface area (Å²) in [7, 11) is 0. The molecule has 0 atom stereocenters. The summed E-state index contributed by atoms with van der Waals surface area (Å²) in [5, 5.41) is 2.54. The number of alkyl halides is 2. The Hall–Kier alpha value is -1.20. The van der Waals surface area contributed by atoms with E-state index in [1.165, 1.54) is 24.3 Å². The fourth-order valence-electron chi connectivity index (χ4n) is 1.98. The second-order valence-electron chi connectivity index (χ2n) is 4.94. The van der Waals surface area contributed by atoms with Crippen LogP contribution in [-0.2, 0) is 10.7 Å². The molecule has 0 spiro atoms. The van der Waals surface area contributed by atoms with E-state index in [1.54, 1.807) is 0 Å². The van der Waals surface area contributed by atoms with Crippen LogP contribution in [0.5, 0.6) is 0 Å². The molecule has 1 aliphatic heterocycles. The summed E-state index contributed by atoms with van der Waals surface area (Å²) in [6.07, 6.45) is 1.40. The fourth-order valence-corrected chi connectivity index (χ4v) is 2.17. The molecular formula is C14H17ClF2N2O. The van der Waals surface area contributed by atoms with E-state index >= 15 is 0 Å². The van der Waals surface area contributed by atoms with Gasteiger partial charge >= 0.3 is 0 Å². The first kappa shape index (κ1) is 15.2. The van der Waals surface area contributed by atoms with Crippen molar-refractivity contribution in [1.29, 1.82) is 0 Å². The van der Waals surface area contributed by atoms with E-state index in [9.17, 15) is 13.6 Å². The minimum absolute atomic E-state index is 0.187. The van der Waals surface area contributed by atoms with E-state index in [1.807, 2.05) is 0 Å². The molecule has 1 aliphatic rings. The summed E-state index contributed by atoms with van der Waals surface area (Å²) < 4.78 is 27.8. The van der Waals surface area contributed by atoms with Crippen molar-refractivity contribution in [3.8, 4) is 0 Å². The van der Waals surface area contributed by atoms with Crippen molar-refractivity contribution in [1.82, 2.24) is 10.2 Å². The molecule has 1 heterocycles. The number of carbonyl (C=O) groups is 1. The third-order valence-electron chi connectivity index (χ3n) is 3.36. The van der Waals surface area contributed by atoms with Gasteiger partial charge in [-0.05, 0) is 31.6 Å². The molecule has 1 saturated heterocycles. The molecule has 1 N–H and O–H groups in total. The van der Waals surface area contributed by atoms with Gasteiger partial charge in [-0.2, -0.15) is 8.78 Å². The Balaban J connectivity index is 1.80. The highest BCUT2D eigenvalue weighted by Crippen LogP contribution is 2.28. The van der Waals surface area contributed by atoms with Gasteiger partial charge in [0.25, 0.3) is 5.92 Å². The maximum Gasteiger partial charge on any atom is 0.290 e. The van der Waals surface area contributed by atoms with Gasteiger partial charge in [0.15, 0.2) is 0 Å². The molecule has 0 bridgehead atoms. The number of nitrogens with one attached hydrogen (secondary N) is 1. The number of halogens is 3. The van der Waals surface area contributed by atoms with Crippen molar-refractivity contribution < 1.29 is 13.6 Å². The van der Waals surface area contributed by atoms with Crippen molar-refractivity contribution in [3.63, 3.8) is 0 Å². The van der Waals surface area contributed by atoms with Gasteiger partial charge < -0.3 is 10.2 Å². The third kappa shape index (κ3) is 4.15. The molecule has 0 saturated carbocycles. The average molecular weight is 303 g/mol. The van der Waals surface area contributed by atoms with Gasteiger partial charge in [0, 0.05) is 23.6 Å². The van der Waals surface area contributed by atoms with E-state index in [-0.39, 0.29) is 22.9 Å². The normalized spacial score (nSPS) is 15.8. The van der Waals surface area contributed by atoms with Gasteiger partial charge in [-0.25, -0.2) is 0 Å². The molecule has 0 aromatic heterocycles. The van der Waals surface area contributed by atoms with E-state index in [0.29, 0.717) is 6.54 Å². The minimum Gasteiger partial charge on any atom is -0.350 e. The molecule has 0 aliphatic carbocycles. The number of amides is 1. The van der Waals surface area contributed by atoms with E-state index in [2.05, 4.69) is 10.2 Å². The predicted molar refractivity (Wildman–Crippen MR) is 74.0 cm³/mol. The Morgan fingerprint density at radius 1 is 1.40 bits per heavy atom. The van der Waals surface area contributed by atoms with Crippen LogP contribution in [0.25, 0.3) is 0 Å². The largest absolute Gasteiger partial charge is 0.350 e. The van der Waals surface area contributed by atoms with Crippen LogP contribution in [0.1, 0.15) is 18.4 Å². The Morgan fingerprint density at radius 3 is 2.75 bits per heavy atom. The summed E-state index contributed by atoms with van der Waals surface area (Å²) in [5.74, 6) is -3.46. The average Bonchev–Trinajstić information content (AvgIpc) is 2.35. The summed E-state index contributed by atoms with van der Waals surface area (Å²) >= 11 is 5.69. The molecule has 2 rings (SSSR count). The van der Waals surface area contributed by atoms with Crippen molar-refractivity contribution >= 4 is 17.5 Å². The van der Waals surface area contributed by atoms with Crippen LogP contribution >= 0.6 is 11.6 Å². The number of benzene rings is 1. The fraction of sp³-hybridized carbons (Fsp3) is 0.500. The Kier molecular flexibility index (Phi) is 4.94. The second-order valence-corrected chi connectivity index (χ2v) is 5.37. The summed E-state index contributed by atoms with van der Waals surface area (Å²) in [6.45, 7) is 1.92. The van der Waals surface area contributed by atoms with Gasteiger partial charge in [-0.15, -0.1) is 0 Å². The van der Waals surface area contributed by atoms with Crippen LogP contribution in [0.3, 0.4) is 0 Å². The first-order valence-electron chi connectivity index (χ1n) is 6.60. The molecule has 1 aromatic carbocycles. The van der Waals surface area contributed by atoms with Crippen LogP contribution in [0.4, 0.5) is 8.78 Å². The topological polar surface area (TPSA) is 32.3 Å². The lowest BCUT2D eigenvalue weighted by Crippen LogP contribution is -2.41. The maximum atomic E-state index is 13.9. The minimum atomic E-state index is -3.11. The molecule has 0 unspecified atom stereocenters. The van der Waals surface area contributed by atoms with Crippen LogP contribution in [-0.4, -0.2) is 37.0 Å². The van der Waals surface area contributed by atoms with Crippen LogP contribution < -0.4 is 5.32 Å². The molecule has 3 nitrogen and oxygen atoms in total. The quantitative estimate of drug-likeness (QED) is 0.876. The first-order chi connectivity index (χ1) is 9.47. The zero-order chi connectivity index (χ0) is 14.6. The highest BCUT2D eigenvalue weighted by atomic mass is 35.5. The molecule has 20 heavy (non-hydrogen) atoms. The molecule has 110 valence electrons. The van der Waals surface area contributed by atoms with Crippen LogP contribution in [0.15, 0.2) is 24.3 Å². The number of hydrogen-bond donors (Lipinski definition) is 1. The standard InChI is InChI=1S/C14H17ClF2N2O/c15-12-4-1-3-11(9-12)14(16,17)10-18-13(20)5-8-19-6-2-7-19/h1,3-4,9H,2,5-8,10H2,(H,18,20). The van der Waals surface area contributed by atoms with Crippen molar-refractivity contribution in [2.75, 3.05) is 26.2 Å². The van der Waals surface area contributed by atoms with E-state index in [0.717, 1.165) is 19.5 Å². The lowest BCUT2D eigenvalue weighted by Gasteiger charge is -2.30. The zero-order valence-electron chi connectivity index (χ0n) is 11.0. The maximum absolute atomic E-state index is 13.9. The first-order valence-corrected chi connectivity index (χ1v) is 6.98. The Bertz CT molecular complexity index is 478. The number of rotatable bonds is 6. The predicted octanol–water partition coefficient (Wildman–Crippen LogP) is 2.64. The number of nitrogens with zero attached hydrogens (tertiary/aromatic N) is 1. The highest BCUT2D eigenvalue weighted by molar-refractivity contribution is 6.30. The summed E-state index contributed by atoms with van der Waals surface area (Å²) in [5.41, 5.74) is -0.187. The Labute approximate surface area is 121 Å². The van der Waals surface area contributed by atoms with Gasteiger partial charge in [-0.3, -0.25) is 4.79 Å². The van der Waals surface area contributed by atoms with E-state index < -0.39 is 12.5 Å². The molecule has 1 amide bonds. The lowest BCUT2D eigenvalue weighted by atomic mass is 10.1. The molecule has 1 fully saturated rings. The summed E-state index contributed by atoms with van der Waals surface area (Å²) in [4.78, 5) is 13.7. The van der Waals surface area contributed by atoms with Crippen LogP contribution in [0.2, 0.25) is 5.02 Å². The molecule has 6 heteroatoms. The van der Waals surface area contributed by atoms with Gasteiger partial charge in [0.2, 0.25) is 5.91 Å². The molecule has 0 radical (unpaired) electrons. The smallest absolute Gasteiger partial charge is 0.290 e. The highest BCUT2D eigenvalue weighted by Gasteiger charge is 2.32. The lowest BCUT2D eigenvalue weighted by molar-refractivity contribution is -0.123. The molecule has 1 aromatic rings. The van der Waals surface area contributed by atoms with Gasteiger partial charge in [-0.1, -0.05) is 23.7 Å². The van der Waals surface area contributed by atoms with Gasteiger partial charge in [0.05, 0.1) is 6.54 Å². The SMILES string of the molecule is O=C(CCN1CCC1)NCC(F)(F)c1cccc(Cl)c1. The van der Waals surface area contributed by atoms with Crippen molar-refractivity contribution in [2.45, 2.75) is 18.8 Å². The van der Waals surface area contributed by atoms with Crippen molar-refractivity contribution in [2.24, 2.45) is 0 Å². The third-order valence-corrected chi connectivity index (χ3v) is 3.59. The summed E-state index contributed by atoms with van der Waals surface area (Å²) in [6, 6.07) is 5.52. The Morgan fingerprint density at radius 2 is 2.15 bits per heavy atom. The van der Waals surface area contributed by atoms with E-state index in [4.69, 9.17) is 11.6 Å². The number of likely N-dealkylation sites (tertiary alicyclic amines) is 1. The monoisotopic (exact) mass is 302 g/mol. The number of carbonyl (C=O) groups excluding carboxylic acids is 1. The van der Waals surface area contributed by atoms with Gasteiger partial charge in [0.1, 0.15) is 0 Å². The van der Waals surface area contributed by atoms with Crippen LogP contribution in [0, 0.1) is 0 Å². The zero-order valence-corrected chi connectivity index (χ0v) is 11.8. The van der Waals surface area contributed by atoms with Crippen molar-refractivity contribution in [3.05, 3.63) is 34.9 Å². The second kappa shape index (κ2) is 6.50.